The predicted molar refractivity (Wildman–Crippen MR) is 91.0 cm³/mol. The van der Waals surface area contributed by atoms with Crippen LogP contribution >= 0.6 is 0 Å². The van der Waals surface area contributed by atoms with Gasteiger partial charge in [-0.05, 0) is 26.2 Å². The van der Waals surface area contributed by atoms with Crippen LogP contribution in [-0.2, 0) is 24.2 Å². The molecule has 8 nitrogen and oxygen atoms in total. The van der Waals surface area contributed by atoms with Gasteiger partial charge in [0.05, 0.1) is 23.0 Å². The summed E-state index contributed by atoms with van der Waals surface area (Å²) in [7, 11) is 0. The van der Waals surface area contributed by atoms with Gasteiger partial charge in [0.2, 0.25) is 4.91 Å². The smallest absolute Gasteiger partial charge is 0.214 e. The van der Waals surface area contributed by atoms with Crippen molar-refractivity contribution in [2.24, 2.45) is 5.11 Å². The van der Waals surface area contributed by atoms with Crippen LogP contribution in [0.1, 0.15) is 37.9 Å². The van der Waals surface area contributed by atoms with Crippen LogP contribution in [0.3, 0.4) is 0 Å². The van der Waals surface area contributed by atoms with Gasteiger partial charge in [-0.3, -0.25) is 0 Å². The van der Waals surface area contributed by atoms with E-state index in [0.717, 1.165) is 67.0 Å². The second-order valence-electron chi connectivity index (χ2n) is 5.89. The number of ether oxygens (including phenoxy) is 1. The Kier molecular flexibility index (Phi) is 5.17. The minimum Gasteiger partial charge on any atom is -0.381 e. The van der Waals surface area contributed by atoms with E-state index in [0.29, 0.717) is 12.6 Å². The summed E-state index contributed by atoms with van der Waals surface area (Å²) in [5, 5.41) is 13.0. The molecular weight excluding hydrogens is 306 g/mol. The van der Waals surface area contributed by atoms with Crippen LogP contribution in [0.2, 0.25) is 0 Å². The largest absolute Gasteiger partial charge is 0.381 e. The third-order valence-corrected chi connectivity index (χ3v) is 4.48. The average Bonchev–Trinajstić information content (AvgIpc) is 3.04. The number of pyridine rings is 1. The van der Waals surface area contributed by atoms with E-state index in [9.17, 15) is 0 Å². The quantitative estimate of drug-likeness (QED) is 0.628. The molecule has 24 heavy (non-hydrogen) atoms. The first kappa shape index (κ1) is 16.5. The molecule has 0 radical (unpaired) electrons. The van der Waals surface area contributed by atoms with Gasteiger partial charge < -0.3 is 10.1 Å². The summed E-state index contributed by atoms with van der Waals surface area (Å²) in [6, 6.07) is 0.366. The van der Waals surface area contributed by atoms with Gasteiger partial charge >= 0.3 is 0 Å². The summed E-state index contributed by atoms with van der Waals surface area (Å²) < 4.78 is 7.38. The number of rotatable bonds is 6. The Balaban J connectivity index is 2.12. The minimum atomic E-state index is 0.360. The molecule has 1 saturated heterocycles. The molecule has 1 fully saturated rings. The fourth-order valence-corrected chi connectivity index (χ4v) is 3.19. The zero-order valence-corrected chi connectivity index (χ0v) is 14.2. The molecule has 128 valence electrons. The van der Waals surface area contributed by atoms with Crippen LogP contribution in [-0.4, -0.2) is 34.0 Å². The Morgan fingerprint density at radius 1 is 1.42 bits per heavy atom. The molecule has 1 aliphatic heterocycles. The lowest BCUT2D eigenvalue weighted by Gasteiger charge is -2.26. The lowest BCUT2D eigenvalue weighted by molar-refractivity contribution is 0.0904. The monoisotopic (exact) mass is 330 g/mol. The molecule has 0 amide bonds. The van der Waals surface area contributed by atoms with Gasteiger partial charge in [-0.1, -0.05) is 6.92 Å². The highest BCUT2D eigenvalue weighted by Crippen LogP contribution is 2.31. The zero-order chi connectivity index (χ0) is 16.9. The Labute approximate surface area is 140 Å². The number of nitrogens with zero attached hydrogens (tertiary/aromatic N) is 5. The van der Waals surface area contributed by atoms with E-state index in [1.807, 2.05) is 10.9 Å². The molecule has 8 heteroatoms. The van der Waals surface area contributed by atoms with Crippen molar-refractivity contribution in [1.82, 2.24) is 19.7 Å². The highest BCUT2D eigenvalue weighted by Gasteiger charge is 2.22. The number of fused-ring (bicyclic) bond motifs is 1. The second-order valence-corrected chi connectivity index (χ2v) is 5.89. The van der Waals surface area contributed by atoms with Gasteiger partial charge in [0.25, 0.3) is 0 Å². The third-order valence-electron chi connectivity index (χ3n) is 4.48. The van der Waals surface area contributed by atoms with Crippen molar-refractivity contribution in [3.63, 3.8) is 0 Å². The fourth-order valence-electron chi connectivity index (χ4n) is 3.19. The van der Waals surface area contributed by atoms with Crippen molar-refractivity contribution < 1.29 is 4.74 Å². The van der Waals surface area contributed by atoms with E-state index in [-0.39, 0.29) is 0 Å². The summed E-state index contributed by atoms with van der Waals surface area (Å²) in [5.74, 6) is 0. The summed E-state index contributed by atoms with van der Waals surface area (Å²) in [6.45, 7) is 6.85. The van der Waals surface area contributed by atoms with Crippen LogP contribution in [0.5, 0.6) is 0 Å². The molecular formula is C16H24N7O+. The number of aryl methyl sites for hydroxylation is 2. The summed E-state index contributed by atoms with van der Waals surface area (Å²) in [5.41, 5.74) is 10.9. The number of hydrogen-bond donors (Lipinski definition) is 2. The highest BCUT2D eigenvalue weighted by molar-refractivity contribution is 5.91. The molecule has 0 atom stereocenters. The SMILES string of the molecule is CCc1nc2c(cnn2CC)c(NC2CCOCC2)c1CN=[N+]=N. The van der Waals surface area contributed by atoms with Crippen LogP contribution in [0.4, 0.5) is 5.69 Å². The molecule has 0 unspecified atom stereocenters. The number of anilines is 1. The first-order valence-electron chi connectivity index (χ1n) is 8.53. The van der Waals surface area contributed by atoms with Crippen LogP contribution in [0, 0.1) is 5.53 Å². The molecule has 1 aliphatic rings. The van der Waals surface area contributed by atoms with Crippen LogP contribution in [0.15, 0.2) is 11.3 Å². The second kappa shape index (κ2) is 7.51. The number of aromatic nitrogens is 3. The van der Waals surface area contributed by atoms with E-state index in [1.54, 1.807) is 0 Å². The zero-order valence-electron chi connectivity index (χ0n) is 14.2. The first-order valence-corrected chi connectivity index (χ1v) is 8.53. The molecule has 2 N–H and O–H groups in total. The van der Waals surface area contributed by atoms with Gasteiger partial charge in [0, 0.05) is 31.4 Å². The lowest BCUT2D eigenvalue weighted by Crippen LogP contribution is -2.28. The van der Waals surface area contributed by atoms with Crippen molar-refractivity contribution in [2.75, 3.05) is 18.5 Å². The van der Waals surface area contributed by atoms with E-state index < -0.39 is 0 Å². The molecule has 0 aromatic carbocycles. The minimum absolute atomic E-state index is 0.360. The Bertz CT molecular complexity index is 757. The predicted octanol–water partition coefficient (Wildman–Crippen LogP) is 2.65. The van der Waals surface area contributed by atoms with Crippen molar-refractivity contribution >= 4 is 16.7 Å². The molecule has 3 rings (SSSR count). The van der Waals surface area contributed by atoms with Gasteiger partial charge in [-0.25, -0.2) is 9.67 Å². The fraction of sp³-hybridized carbons (Fsp3) is 0.625. The van der Waals surface area contributed by atoms with E-state index in [2.05, 4.69) is 34.3 Å². The summed E-state index contributed by atoms with van der Waals surface area (Å²) in [6.07, 6.45) is 4.63. The van der Waals surface area contributed by atoms with Gasteiger partial charge in [-0.15, -0.1) is 0 Å². The van der Waals surface area contributed by atoms with E-state index in [1.165, 1.54) is 0 Å². The van der Waals surface area contributed by atoms with Crippen LogP contribution in [0.25, 0.3) is 11.0 Å². The topological polar surface area (TPSA) is 102 Å². The molecule has 0 bridgehead atoms. The van der Waals surface area contributed by atoms with Crippen molar-refractivity contribution in [1.29, 1.82) is 5.53 Å². The molecule has 2 aromatic heterocycles. The van der Waals surface area contributed by atoms with Crippen molar-refractivity contribution in [2.45, 2.75) is 52.2 Å². The van der Waals surface area contributed by atoms with Gasteiger partial charge in [-0.2, -0.15) is 5.10 Å². The van der Waals surface area contributed by atoms with Crippen LogP contribution < -0.4 is 10.2 Å². The van der Waals surface area contributed by atoms with Crippen molar-refractivity contribution in [3.8, 4) is 0 Å². The standard InChI is InChI=1S/C16H24N7O/c1-3-14-12(9-18-22-17)15(20-11-5-7-24-8-6-11)13-10-19-23(4-2)16(13)21-14/h10-11,17H,3-9H2,1-2H3,(H,20,21)/q+1. The molecule has 3 heterocycles. The highest BCUT2D eigenvalue weighted by atomic mass is 16.5. The number of nitrogens with one attached hydrogen (secondary N) is 2. The maximum Gasteiger partial charge on any atom is 0.214 e. The Morgan fingerprint density at radius 3 is 2.88 bits per heavy atom. The Hall–Kier alpha value is -2.31. The first-order chi connectivity index (χ1) is 11.8. The number of hydrogen-bond acceptors (Lipinski definition) is 6. The van der Waals surface area contributed by atoms with Gasteiger partial charge in [0.1, 0.15) is 10.6 Å². The maximum absolute atomic E-state index is 6.98. The molecule has 0 saturated carbocycles. The summed E-state index contributed by atoms with van der Waals surface area (Å²) in [4.78, 5) is 7.98. The molecule has 0 aliphatic carbocycles. The molecule has 0 spiro atoms. The van der Waals surface area contributed by atoms with Crippen molar-refractivity contribution in [3.05, 3.63) is 17.5 Å². The Morgan fingerprint density at radius 2 is 2.21 bits per heavy atom. The third kappa shape index (κ3) is 3.16. The lowest BCUT2D eigenvalue weighted by atomic mass is 10.0. The molecule has 2 aromatic rings. The van der Waals surface area contributed by atoms with E-state index in [4.69, 9.17) is 15.3 Å². The maximum atomic E-state index is 6.98. The average molecular weight is 330 g/mol. The normalized spacial score (nSPS) is 15.4. The van der Waals surface area contributed by atoms with Gasteiger partial charge in [0.15, 0.2) is 12.2 Å². The summed E-state index contributed by atoms with van der Waals surface area (Å²) >= 11 is 0. The van der Waals surface area contributed by atoms with E-state index >= 15 is 0 Å².